The van der Waals surface area contributed by atoms with E-state index in [2.05, 4.69) is 10.3 Å². The van der Waals surface area contributed by atoms with Crippen LogP contribution in [-0.4, -0.2) is 50.0 Å². The molecule has 0 radical (unpaired) electrons. The highest BCUT2D eigenvalue weighted by Gasteiger charge is 2.15. The van der Waals surface area contributed by atoms with E-state index >= 15 is 0 Å². The maximum Gasteiger partial charge on any atom is 0.317 e. The fourth-order valence-corrected chi connectivity index (χ4v) is 1.87. The van der Waals surface area contributed by atoms with Crippen molar-refractivity contribution in [3.8, 4) is 0 Å². The molecular formula is C12H13N5O4. The third-order valence-corrected chi connectivity index (χ3v) is 2.70. The summed E-state index contributed by atoms with van der Waals surface area (Å²) in [5.41, 5.74) is 5.08. The number of rotatable bonds is 6. The summed E-state index contributed by atoms with van der Waals surface area (Å²) in [6, 6.07) is 6.66. The van der Waals surface area contributed by atoms with Gasteiger partial charge in [-0.05, 0) is 12.1 Å². The number of primary amides is 1. The first-order valence-corrected chi connectivity index (χ1v) is 6.02. The van der Waals surface area contributed by atoms with Crippen molar-refractivity contribution in [2.45, 2.75) is 6.67 Å². The Morgan fingerprint density at radius 3 is 2.67 bits per heavy atom. The number of aliphatic carboxylic acids is 1. The smallest absolute Gasteiger partial charge is 0.317 e. The molecule has 2 rings (SSSR count). The maximum atomic E-state index is 12.2. The first-order chi connectivity index (χ1) is 9.97. The number of benzene rings is 1. The van der Waals surface area contributed by atoms with Gasteiger partial charge in [0.1, 0.15) is 5.52 Å². The van der Waals surface area contributed by atoms with Gasteiger partial charge >= 0.3 is 5.97 Å². The second kappa shape index (κ2) is 6.09. The van der Waals surface area contributed by atoms with Crippen LogP contribution in [0.3, 0.4) is 0 Å². The third-order valence-electron chi connectivity index (χ3n) is 2.70. The van der Waals surface area contributed by atoms with Crippen molar-refractivity contribution < 1.29 is 14.7 Å². The van der Waals surface area contributed by atoms with Crippen LogP contribution in [0.15, 0.2) is 29.1 Å². The van der Waals surface area contributed by atoms with E-state index in [-0.39, 0.29) is 13.2 Å². The van der Waals surface area contributed by atoms with Crippen molar-refractivity contribution >= 4 is 22.8 Å². The van der Waals surface area contributed by atoms with Gasteiger partial charge in [-0.2, -0.15) is 4.68 Å². The predicted octanol–water partition coefficient (Wildman–Crippen LogP) is -1.38. The Kier molecular flexibility index (Phi) is 4.24. The summed E-state index contributed by atoms with van der Waals surface area (Å²) >= 11 is 0. The lowest BCUT2D eigenvalue weighted by Gasteiger charge is -2.18. The Bertz CT molecular complexity index is 726. The van der Waals surface area contributed by atoms with Crippen LogP contribution >= 0.6 is 0 Å². The summed E-state index contributed by atoms with van der Waals surface area (Å²) in [7, 11) is 0. The van der Waals surface area contributed by atoms with Gasteiger partial charge in [0, 0.05) is 0 Å². The molecule has 110 valence electrons. The largest absolute Gasteiger partial charge is 0.480 e. The molecule has 0 bridgehead atoms. The van der Waals surface area contributed by atoms with Gasteiger partial charge in [-0.3, -0.25) is 19.3 Å². The maximum absolute atomic E-state index is 12.2. The molecule has 0 saturated heterocycles. The lowest BCUT2D eigenvalue weighted by Crippen LogP contribution is -2.41. The second-order valence-electron chi connectivity index (χ2n) is 4.40. The number of carboxylic acids is 1. The van der Waals surface area contributed by atoms with Crippen molar-refractivity contribution in [1.82, 2.24) is 19.9 Å². The standard InChI is InChI=1S/C12H13N5O4/c13-10(18)5-16(6-11(19)20)7-17-12(21)8-3-1-2-4-9(8)14-15-17/h1-4H,5-7H2,(H2,13,18)(H,19,20). The van der Waals surface area contributed by atoms with Gasteiger partial charge in [0.15, 0.2) is 0 Å². The van der Waals surface area contributed by atoms with Crippen LogP contribution in [0.5, 0.6) is 0 Å². The molecule has 0 saturated carbocycles. The van der Waals surface area contributed by atoms with E-state index in [1.165, 1.54) is 4.90 Å². The van der Waals surface area contributed by atoms with Crippen LogP contribution in [-0.2, 0) is 16.3 Å². The number of carboxylic acid groups (broad SMARTS) is 1. The van der Waals surface area contributed by atoms with E-state index in [4.69, 9.17) is 10.8 Å². The molecule has 0 aliphatic heterocycles. The molecule has 0 atom stereocenters. The molecule has 21 heavy (non-hydrogen) atoms. The van der Waals surface area contributed by atoms with E-state index in [1.807, 2.05) is 0 Å². The molecule has 1 aromatic heterocycles. The molecule has 0 fully saturated rings. The van der Waals surface area contributed by atoms with Gasteiger partial charge in [0.05, 0.1) is 25.1 Å². The Hall–Kier alpha value is -2.81. The highest BCUT2D eigenvalue weighted by Crippen LogP contribution is 2.03. The summed E-state index contributed by atoms with van der Waals surface area (Å²) in [6.45, 7) is -0.928. The molecule has 2 aromatic rings. The van der Waals surface area contributed by atoms with Crippen LogP contribution in [0.25, 0.3) is 10.9 Å². The minimum Gasteiger partial charge on any atom is -0.480 e. The fourth-order valence-electron chi connectivity index (χ4n) is 1.87. The Labute approximate surface area is 118 Å². The monoisotopic (exact) mass is 291 g/mol. The lowest BCUT2D eigenvalue weighted by atomic mass is 10.2. The molecule has 0 aliphatic carbocycles. The zero-order chi connectivity index (χ0) is 15.4. The van der Waals surface area contributed by atoms with E-state index in [0.717, 1.165) is 4.68 Å². The van der Waals surface area contributed by atoms with Crippen LogP contribution in [0.2, 0.25) is 0 Å². The first-order valence-electron chi connectivity index (χ1n) is 6.02. The molecule has 9 nitrogen and oxygen atoms in total. The lowest BCUT2D eigenvalue weighted by molar-refractivity contribution is -0.139. The number of hydrogen-bond donors (Lipinski definition) is 2. The van der Waals surface area contributed by atoms with Gasteiger partial charge in [-0.15, -0.1) is 5.10 Å². The Morgan fingerprint density at radius 1 is 1.29 bits per heavy atom. The summed E-state index contributed by atoms with van der Waals surface area (Å²) < 4.78 is 0.994. The van der Waals surface area contributed by atoms with E-state index in [9.17, 15) is 14.4 Å². The van der Waals surface area contributed by atoms with Gasteiger partial charge in [-0.25, -0.2) is 0 Å². The molecule has 0 spiro atoms. The summed E-state index contributed by atoms with van der Waals surface area (Å²) in [6.07, 6.45) is 0. The number of hydrogen-bond acceptors (Lipinski definition) is 6. The van der Waals surface area contributed by atoms with Gasteiger partial charge in [-0.1, -0.05) is 17.3 Å². The summed E-state index contributed by atoms with van der Waals surface area (Å²) in [5, 5.41) is 16.8. The van der Waals surface area contributed by atoms with Gasteiger partial charge < -0.3 is 10.8 Å². The van der Waals surface area contributed by atoms with Crippen LogP contribution in [0.4, 0.5) is 0 Å². The molecule has 0 aliphatic rings. The number of aromatic nitrogens is 3. The van der Waals surface area contributed by atoms with Crippen molar-refractivity contribution in [2.75, 3.05) is 13.1 Å². The van der Waals surface area contributed by atoms with Crippen molar-refractivity contribution in [3.05, 3.63) is 34.6 Å². The van der Waals surface area contributed by atoms with Crippen molar-refractivity contribution in [3.63, 3.8) is 0 Å². The number of nitrogens with zero attached hydrogens (tertiary/aromatic N) is 4. The van der Waals surface area contributed by atoms with Crippen LogP contribution in [0, 0.1) is 0 Å². The number of nitrogens with two attached hydrogens (primary N) is 1. The SMILES string of the molecule is NC(=O)CN(CC(=O)O)Cn1nnc2ccccc2c1=O. The topological polar surface area (TPSA) is 131 Å². The van der Waals surface area contributed by atoms with Crippen molar-refractivity contribution in [2.24, 2.45) is 5.73 Å². The normalized spacial score (nSPS) is 10.9. The molecule has 1 aromatic carbocycles. The number of carbonyl (C=O) groups excluding carboxylic acids is 1. The molecule has 9 heteroatoms. The van der Waals surface area contributed by atoms with Crippen LogP contribution < -0.4 is 11.3 Å². The van der Waals surface area contributed by atoms with Crippen LogP contribution in [0.1, 0.15) is 0 Å². The van der Waals surface area contributed by atoms with E-state index < -0.39 is 24.0 Å². The Morgan fingerprint density at radius 2 is 2.00 bits per heavy atom. The van der Waals surface area contributed by atoms with Crippen molar-refractivity contribution in [1.29, 1.82) is 0 Å². The van der Waals surface area contributed by atoms with E-state index in [0.29, 0.717) is 10.9 Å². The number of carbonyl (C=O) groups is 2. The second-order valence-corrected chi connectivity index (χ2v) is 4.40. The third kappa shape index (κ3) is 3.60. The molecule has 0 unspecified atom stereocenters. The first kappa shape index (κ1) is 14.6. The van der Waals surface area contributed by atoms with Gasteiger partial charge in [0.25, 0.3) is 5.56 Å². The zero-order valence-corrected chi connectivity index (χ0v) is 11.0. The van der Waals surface area contributed by atoms with E-state index in [1.54, 1.807) is 24.3 Å². The molecule has 1 heterocycles. The predicted molar refractivity (Wildman–Crippen MR) is 72.2 cm³/mol. The number of amides is 1. The Balaban J connectivity index is 2.32. The minimum atomic E-state index is -1.14. The average Bonchev–Trinajstić information content (AvgIpc) is 2.41. The summed E-state index contributed by atoms with van der Waals surface area (Å²) in [4.78, 5) is 35.1. The molecule has 1 amide bonds. The average molecular weight is 291 g/mol. The highest BCUT2D eigenvalue weighted by atomic mass is 16.4. The molecular weight excluding hydrogens is 278 g/mol. The number of fused-ring (bicyclic) bond motifs is 1. The minimum absolute atomic E-state index is 0.189. The quantitative estimate of drug-likeness (QED) is 0.670. The zero-order valence-electron chi connectivity index (χ0n) is 11.0. The highest BCUT2D eigenvalue weighted by molar-refractivity contribution is 5.77. The fraction of sp³-hybridized carbons (Fsp3) is 0.250. The van der Waals surface area contributed by atoms with Gasteiger partial charge in [0.2, 0.25) is 5.91 Å². The summed E-state index contributed by atoms with van der Waals surface area (Å²) in [5.74, 6) is -1.84. The molecule has 3 N–H and O–H groups in total.